The van der Waals surface area contributed by atoms with E-state index in [9.17, 15) is 14.0 Å². The lowest BCUT2D eigenvalue weighted by Crippen LogP contribution is -2.51. The first-order valence-electron chi connectivity index (χ1n) is 11.0. The monoisotopic (exact) mass is 426 g/mol. The van der Waals surface area contributed by atoms with Crippen molar-refractivity contribution in [2.45, 2.75) is 64.1 Å². The first-order valence-corrected chi connectivity index (χ1v) is 11.0. The Morgan fingerprint density at radius 2 is 1.81 bits per heavy atom. The molecular weight excluding hydrogens is 395 g/mol. The Morgan fingerprint density at radius 3 is 2.42 bits per heavy atom. The zero-order chi connectivity index (χ0) is 22.2. The van der Waals surface area contributed by atoms with Gasteiger partial charge in [0, 0.05) is 12.6 Å². The van der Waals surface area contributed by atoms with Crippen molar-refractivity contribution in [1.29, 1.82) is 0 Å². The maximum absolute atomic E-state index is 14.2. The van der Waals surface area contributed by atoms with Crippen LogP contribution in [0.3, 0.4) is 0 Å². The quantitative estimate of drug-likeness (QED) is 0.652. The number of nitrogens with one attached hydrogen (secondary N) is 1. The van der Waals surface area contributed by atoms with Crippen molar-refractivity contribution >= 4 is 11.8 Å². The van der Waals surface area contributed by atoms with Crippen LogP contribution in [-0.4, -0.2) is 35.9 Å². The van der Waals surface area contributed by atoms with Crippen molar-refractivity contribution in [2.24, 2.45) is 0 Å². The molecule has 0 radical (unpaired) electrons. The van der Waals surface area contributed by atoms with Gasteiger partial charge in [-0.05, 0) is 48.6 Å². The normalized spacial score (nSPS) is 14.8. The van der Waals surface area contributed by atoms with Crippen molar-refractivity contribution in [1.82, 2.24) is 10.2 Å². The van der Waals surface area contributed by atoms with Crippen molar-refractivity contribution in [3.05, 3.63) is 65.5 Å². The molecule has 1 unspecified atom stereocenters. The second-order valence-electron chi connectivity index (χ2n) is 8.05. The minimum atomic E-state index is -0.609. The Labute approximate surface area is 183 Å². The molecule has 1 saturated carbocycles. The molecule has 0 heterocycles. The Balaban J connectivity index is 1.82. The number of rotatable bonds is 9. The largest absolute Gasteiger partial charge is 0.497 e. The molecule has 0 bridgehead atoms. The van der Waals surface area contributed by atoms with Gasteiger partial charge in [-0.1, -0.05) is 50.1 Å². The summed E-state index contributed by atoms with van der Waals surface area (Å²) in [6.07, 6.45) is 4.58. The first-order chi connectivity index (χ1) is 15.0. The molecule has 1 aliphatic rings. The summed E-state index contributed by atoms with van der Waals surface area (Å²) in [5.74, 6) is -0.0955. The summed E-state index contributed by atoms with van der Waals surface area (Å²) in [5.41, 5.74) is 1.22. The van der Waals surface area contributed by atoms with E-state index in [1.54, 1.807) is 30.2 Å². The number of methoxy groups -OCH3 is 1. The van der Waals surface area contributed by atoms with E-state index in [4.69, 9.17) is 4.74 Å². The molecule has 0 aromatic heterocycles. The lowest BCUT2D eigenvalue weighted by Gasteiger charge is -2.31. The molecule has 166 valence electrons. The molecule has 1 N–H and O–H groups in total. The third-order valence-electron chi connectivity index (χ3n) is 5.90. The van der Waals surface area contributed by atoms with Crippen LogP contribution in [0.15, 0.2) is 48.5 Å². The number of amides is 2. The highest BCUT2D eigenvalue weighted by molar-refractivity contribution is 5.88. The van der Waals surface area contributed by atoms with Crippen molar-refractivity contribution < 1.29 is 18.7 Å². The number of hydrogen-bond acceptors (Lipinski definition) is 3. The lowest BCUT2D eigenvalue weighted by molar-refractivity contribution is -0.141. The van der Waals surface area contributed by atoms with Crippen LogP contribution >= 0.6 is 0 Å². The van der Waals surface area contributed by atoms with Crippen LogP contribution < -0.4 is 10.1 Å². The molecule has 3 rings (SSSR count). The second kappa shape index (κ2) is 10.9. The van der Waals surface area contributed by atoms with Crippen molar-refractivity contribution in [3.8, 4) is 5.75 Å². The van der Waals surface area contributed by atoms with Gasteiger partial charge >= 0.3 is 0 Å². The van der Waals surface area contributed by atoms with Gasteiger partial charge in [-0.15, -0.1) is 0 Å². The third kappa shape index (κ3) is 6.06. The van der Waals surface area contributed by atoms with Crippen molar-refractivity contribution in [2.75, 3.05) is 7.11 Å². The molecule has 0 aliphatic heterocycles. The topological polar surface area (TPSA) is 58.6 Å². The van der Waals surface area contributed by atoms with E-state index in [-0.39, 0.29) is 30.8 Å². The highest BCUT2D eigenvalue weighted by atomic mass is 19.1. The summed E-state index contributed by atoms with van der Waals surface area (Å²) in [6.45, 7) is 2.17. The molecule has 2 aromatic carbocycles. The maximum Gasteiger partial charge on any atom is 0.243 e. The van der Waals surface area contributed by atoms with Gasteiger partial charge < -0.3 is 15.0 Å². The minimum Gasteiger partial charge on any atom is -0.497 e. The summed E-state index contributed by atoms with van der Waals surface area (Å²) < 4.78 is 19.4. The van der Waals surface area contributed by atoms with Crippen LogP contribution in [0.5, 0.6) is 5.75 Å². The Hall–Kier alpha value is -2.89. The molecule has 0 spiro atoms. The number of carbonyl (C=O) groups is 2. The summed E-state index contributed by atoms with van der Waals surface area (Å²) in [7, 11) is 1.60. The van der Waals surface area contributed by atoms with Crippen LogP contribution in [0.2, 0.25) is 0 Å². The highest BCUT2D eigenvalue weighted by Gasteiger charge is 2.30. The second-order valence-corrected chi connectivity index (χ2v) is 8.05. The van der Waals surface area contributed by atoms with Crippen LogP contribution in [0, 0.1) is 5.82 Å². The van der Waals surface area contributed by atoms with Crippen LogP contribution in [0.25, 0.3) is 0 Å². The summed E-state index contributed by atoms with van der Waals surface area (Å²) in [4.78, 5) is 28.0. The molecule has 0 saturated heterocycles. The fourth-order valence-electron chi connectivity index (χ4n) is 4.12. The first kappa shape index (κ1) is 22.8. The molecule has 1 aliphatic carbocycles. The molecule has 1 atom stereocenters. The fraction of sp³-hybridized carbons (Fsp3) is 0.440. The molecule has 2 amide bonds. The average molecular weight is 427 g/mol. The molecule has 31 heavy (non-hydrogen) atoms. The predicted molar refractivity (Wildman–Crippen MR) is 118 cm³/mol. The van der Waals surface area contributed by atoms with E-state index in [0.29, 0.717) is 12.0 Å². The number of hydrogen-bond donors (Lipinski definition) is 1. The zero-order valence-corrected chi connectivity index (χ0v) is 18.3. The summed E-state index contributed by atoms with van der Waals surface area (Å²) in [5, 5.41) is 3.12. The lowest BCUT2D eigenvalue weighted by atomic mass is 10.1. The van der Waals surface area contributed by atoms with Crippen LogP contribution in [0.4, 0.5) is 4.39 Å². The Morgan fingerprint density at radius 1 is 1.13 bits per heavy atom. The van der Waals surface area contributed by atoms with E-state index >= 15 is 0 Å². The molecule has 6 heteroatoms. The number of halogens is 1. The molecule has 5 nitrogen and oxygen atoms in total. The standard InChI is InChI=1S/C25H31FN2O3/c1-3-23(25(30)27-20-9-5-6-10-20)28(17-18-12-14-21(31-2)15-13-18)24(29)16-19-8-4-7-11-22(19)26/h4,7-8,11-15,20,23H,3,5-6,9-10,16-17H2,1-2H3,(H,27,30). The Kier molecular flexibility index (Phi) is 8.04. The van der Waals surface area contributed by atoms with E-state index in [2.05, 4.69) is 5.32 Å². The maximum atomic E-state index is 14.2. The summed E-state index contributed by atoms with van der Waals surface area (Å²) >= 11 is 0. The highest BCUT2D eigenvalue weighted by Crippen LogP contribution is 2.21. The van der Waals surface area contributed by atoms with Gasteiger partial charge in [0.25, 0.3) is 0 Å². The van der Waals surface area contributed by atoms with Crippen LogP contribution in [-0.2, 0) is 22.6 Å². The van der Waals surface area contributed by atoms with E-state index < -0.39 is 11.9 Å². The molecule has 1 fully saturated rings. The number of carbonyl (C=O) groups excluding carboxylic acids is 2. The van der Waals surface area contributed by atoms with Crippen LogP contribution in [0.1, 0.15) is 50.2 Å². The van der Waals surface area contributed by atoms with Crippen molar-refractivity contribution in [3.63, 3.8) is 0 Å². The van der Waals surface area contributed by atoms with Gasteiger partial charge in [0.2, 0.25) is 11.8 Å². The van der Waals surface area contributed by atoms with Gasteiger partial charge in [0.05, 0.1) is 13.5 Å². The Bertz CT molecular complexity index is 879. The number of benzene rings is 2. The minimum absolute atomic E-state index is 0.0873. The van der Waals surface area contributed by atoms with E-state index in [1.807, 2.05) is 31.2 Å². The van der Waals surface area contributed by atoms with Gasteiger partial charge in [-0.3, -0.25) is 9.59 Å². The summed E-state index contributed by atoms with van der Waals surface area (Å²) in [6, 6.07) is 13.2. The van der Waals surface area contributed by atoms with E-state index in [0.717, 1.165) is 37.0 Å². The molecular formula is C25H31FN2O3. The predicted octanol–water partition coefficient (Wildman–Crippen LogP) is 4.24. The average Bonchev–Trinajstić information content (AvgIpc) is 3.28. The third-order valence-corrected chi connectivity index (χ3v) is 5.90. The smallest absolute Gasteiger partial charge is 0.243 e. The zero-order valence-electron chi connectivity index (χ0n) is 18.3. The molecule has 2 aromatic rings. The van der Waals surface area contributed by atoms with Gasteiger partial charge in [-0.25, -0.2) is 4.39 Å². The van der Waals surface area contributed by atoms with E-state index in [1.165, 1.54) is 6.07 Å². The SMILES string of the molecule is CCC(C(=O)NC1CCCC1)N(Cc1ccc(OC)cc1)C(=O)Cc1ccccc1F. The fourth-order valence-corrected chi connectivity index (χ4v) is 4.12. The van der Waals surface area contributed by atoms with Gasteiger partial charge in [0.1, 0.15) is 17.6 Å². The van der Waals surface area contributed by atoms with Gasteiger partial charge in [0.15, 0.2) is 0 Å². The number of ether oxygens (including phenoxy) is 1. The van der Waals surface area contributed by atoms with Gasteiger partial charge in [-0.2, -0.15) is 0 Å². The number of nitrogens with zero attached hydrogens (tertiary/aromatic N) is 1.